The molecule has 1 fully saturated rings. The fraction of sp³-hybridized carbons (Fsp3) is 0.485. The summed E-state index contributed by atoms with van der Waals surface area (Å²) in [5.41, 5.74) is 3.00. The number of rotatable bonds is 9. The number of nitrogens with zero attached hydrogens (tertiary/aromatic N) is 3. The summed E-state index contributed by atoms with van der Waals surface area (Å²) < 4.78 is 5.84. The average molecular weight is 591 g/mol. The summed E-state index contributed by atoms with van der Waals surface area (Å²) in [7, 11) is 3.98. The zero-order valence-corrected chi connectivity index (χ0v) is 26.5. The molecule has 2 heterocycles. The number of carbonyl (C=O) groups is 3. The van der Waals surface area contributed by atoms with E-state index >= 15 is 0 Å². The van der Waals surface area contributed by atoms with Gasteiger partial charge in [-0.05, 0) is 50.3 Å². The van der Waals surface area contributed by atoms with Crippen LogP contribution in [0.1, 0.15) is 51.7 Å². The molecule has 43 heavy (non-hydrogen) atoms. The topological polar surface area (TPSA) is 110 Å². The first-order valence-corrected chi connectivity index (χ1v) is 15.0. The van der Waals surface area contributed by atoms with Crippen molar-refractivity contribution in [3.05, 3.63) is 59.8 Å². The quantitative estimate of drug-likeness (QED) is 0.337. The van der Waals surface area contributed by atoms with Crippen LogP contribution in [0.5, 0.6) is 5.75 Å². The number of fused-ring (bicyclic) bond motifs is 1. The number of anilines is 1. The predicted molar refractivity (Wildman–Crippen MR) is 170 cm³/mol. The lowest BCUT2D eigenvalue weighted by atomic mass is 9.92. The molecule has 4 rings (SSSR count). The number of H-pyrrole nitrogens is 1. The highest BCUT2D eigenvalue weighted by atomic mass is 16.5. The average Bonchev–Trinajstić information content (AvgIpc) is 3.40. The maximum Gasteiger partial charge on any atom is 0.318 e. The fourth-order valence-corrected chi connectivity index (χ4v) is 5.51. The number of aromatic nitrogens is 1. The third kappa shape index (κ3) is 7.67. The molecule has 1 aliphatic heterocycles. The largest absolute Gasteiger partial charge is 0.492 e. The summed E-state index contributed by atoms with van der Waals surface area (Å²) in [6.45, 7) is 12.4. The molecule has 232 valence electrons. The zero-order chi connectivity index (χ0) is 31.3. The number of urea groups is 1. The summed E-state index contributed by atoms with van der Waals surface area (Å²) >= 11 is 0. The van der Waals surface area contributed by atoms with Crippen molar-refractivity contribution >= 4 is 34.4 Å². The van der Waals surface area contributed by atoms with Crippen molar-refractivity contribution in [3.8, 4) is 5.75 Å². The van der Waals surface area contributed by atoms with Gasteiger partial charge in [0.1, 0.15) is 11.8 Å². The van der Waals surface area contributed by atoms with Crippen LogP contribution in [-0.4, -0.2) is 90.5 Å². The zero-order valence-electron chi connectivity index (χ0n) is 26.5. The highest BCUT2D eigenvalue weighted by molar-refractivity contribution is 5.99. The summed E-state index contributed by atoms with van der Waals surface area (Å²) in [5.74, 6) is -0.0535. The molecule has 0 spiro atoms. The number of carbonyl (C=O) groups excluding carboxylic acids is 3. The molecule has 3 aromatic rings. The van der Waals surface area contributed by atoms with Gasteiger partial charge in [0.15, 0.2) is 0 Å². The van der Waals surface area contributed by atoms with Crippen LogP contribution in [0.2, 0.25) is 0 Å². The molecule has 10 heteroatoms. The molecule has 1 aliphatic rings. The number of para-hydroxylation sites is 1. The van der Waals surface area contributed by atoms with Gasteiger partial charge in [-0.2, -0.15) is 0 Å². The van der Waals surface area contributed by atoms with E-state index in [2.05, 4.69) is 20.5 Å². The van der Waals surface area contributed by atoms with Crippen molar-refractivity contribution < 1.29 is 19.1 Å². The second-order valence-corrected chi connectivity index (χ2v) is 12.5. The van der Waals surface area contributed by atoms with Gasteiger partial charge in [0, 0.05) is 61.2 Å². The van der Waals surface area contributed by atoms with Crippen LogP contribution in [0.4, 0.5) is 10.5 Å². The minimum atomic E-state index is -0.882. The van der Waals surface area contributed by atoms with Crippen LogP contribution >= 0.6 is 0 Å². The van der Waals surface area contributed by atoms with E-state index in [4.69, 9.17) is 4.74 Å². The number of nitrogens with one attached hydrogen (secondary N) is 3. The van der Waals surface area contributed by atoms with Crippen molar-refractivity contribution in [2.45, 2.75) is 53.1 Å². The van der Waals surface area contributed by atoms with Crippen molar-refractivity contribution in [2.24, 2.45) is 5.41 Å². The molecular formula is C33H46N6O4. The third-order valence-electron chi connectivity index (χ3n) is 7.77. The highest BCUT2D eigenvalue weighted by Gasteiger charge is 2.34. The van der Waals surface area contributed by atoms with Crippen molar-refractivity contribution in [1.82, 2.24) is 25.0 Å². The first-order chi connectivity index (χ1) is 20.4. The Morgan fingerprint density at radius 2 is 1.70 bits per heavy atom. The number of amides is 4. The van der Waals surface area contributed by atoms with Gasteiger partial charge in [0.2, 0.25) is 11.8 Å². The van der Waals surface area contributed by atoms with Crippen LogP contribution in [-0.2, 0) is 16.1 Å². The van der Waals surface area contributed by atoms with Gasteiger partial charge in [-0.15, -0.1) is 0 Å². The van der Waals surface area contributed by atoms with Gasteiger partial charge in [-0.3, -0.25) is 9.59 Å². The Hall–Kier alpha value is -4.05. The second kappa shape index (κ2) is 13.5. The van der Waals surface area contributed by atoms with Crippen LogP contribution in [0.3, 0.4) is 0 Å². The third-order valence-corrected chi connectivity index (χ3v) is 7.77. The Labute approximate surface area is 254 Å². The van der Waals surface area contributed by atoms with Crippen molar-refractivity contribution in [1.29, 1.82) is 0 Å². The minimum absolute atomic E-state index is 0.0689. The van der Waals surface area contributed by atoms with Gasteiger partial charge in [-0.25, -0.2) is 4.79 Å². The molecule has 0 saturated carbocycles. The van der Waals surface area contributed by atoms with Gasteiger partial charge in [-0.1, -0.05) is 52.0 Å². The minimum Gasteiger partial charge on any atom is -0.492 e. The second-order valence-electron chi connectivity index (χ2n) is 12.5. The smallest absolute Gasteiger partial charge is 0.318 e. The molecule has 0 unspecified atom stereocenters. The van der Waals surface area contributed by atoms with Gasteiger partial charge >= 0.3 is 6.03 Å². The Morgan fingerprint density at radius 1 is 1.02 bits per heavy atom. The molecule has 10 nitrogen and oxygen atoms in total. The van der Waals surface area contributed by atoms with E-state index in [1.807, 2.05) is 97.4 Å². The standard InChI is InChI=1S/C33H46N6O4/c1-8-43-28-14-13-23(21-37(6)7)19-27(28)35-30(40)29(22(2)25-20-34-26-12-10-9-11-24(25)26)36-32(42)39-17-15-38(16-18-39)31(41)33(3,4)5/h9-14,19-20,22,29,34H,8,15-18,21H2,1-7H3,(H,35,40)(H,36,42)/t22-,29+/m0/s1. The predicted octanol–water partition coefficient (Wildman–Crippen LogP) is 4.64. The Kier molecular flexibility index (Phi) is 10.0. The summed E-state index contributed by atoms with van der Waals surface area (Å²) in [6.07, 6.45) is 1.90. The molecule has 3 N–H and O–H groups in total. The number of hydrogen-bond donors (Lipinski definition) is 3. The Balaban J connectivity index is 1.59. The molecule has 0 bridgehead atoms. The molecule has 2 aromatic carbocycles. The fourth-order valence-electron chi connectivity index (χ4n) is 5.51. The molecule has 1 aromatic heterocycles. The van der Waals surface area contributed by atoms with E-state index in [0.717, 1.165) is 22.0 Å². The number of aromatic amines is 1. The van der Waals surface area contributed by atoms with Crippen LogP contribution in [0.15, 0.2) is 48.7 Å². The number of ether oxygens (including phenoxy) is 1. The van der Waals surface area contributed by atoms with Gasteiger partial charge < -0.3 is 35.1 Å². The lowest BCUT2D eigenvalue weighted by Gasteiger charge is -2.38. The van der Waals surface area contributed by atoms with E-state index in [1.165, 1.54) is 0 Å². The number of piperazine rings is 1. The Bertz CT molecular complexity index is 1430. The molecule has 0 aliphatic carbocycles. The SMILES string of the molecule is CCOc1ccc(CN(C)C)cc1NC(=O)[C@H](NC(=O)N1CCN(C(=O)C(C)(C)C)CC1)[C@@H](C)c1c[nH]c2ccccc12. The Morgan fingerprint density at radius 3 is 2.35 bits per heavy atom. The van der Waals surface area contributed by atoms with E-state index in [1.54, 1.807) is 9.80 Å². The van der Waals surface area contributed by atoms with Crippen molar-refractivity contribution in [2.75, 3.05) is 52.2 Å². The van der Waals surface area contributed by atoms with E-state index < -0.39 is 11.5 Å². The summed E-state index contributed by atoms with van der Waals surface area (Å²) in [4.78, 5) is 49.3. The number of hydrogen-bond acceptors (Lipinski definition) is 5. The normalized spacial score (nSPS) is 15.3. The lowest BCUT2D eigenvalue weighted by molar-refractivity contribution is -0.140. The highest BCUT2D eigenvalue weighted by Crippen LogP contribution is 2.31. The summed E-state index contributed by atoms with van der Waals surface area (Å²) in [6, 6.07) is 12.5. The monoisotopic (exact) mass is 590 g/mol. The first kappa shape index (κ1) is 31.9. The van der Waals surface area contributed by atoms with Gasteiger partial charge in [0.25, 0.3) is 0 Å². The van der Waals surface area contributed by atoms with E-state index in [0.29, 0.717) is 50.8 Å². The summed E-state index contributed by atoms with van der Waals surface area (Å²) in [5, 5.41) is 7.11. The lowest BCUT2D eigenvalue weighted by Crippen LogP contribution is -2.57. The van der Waals surface area contributed by atoms with Crippen molar-refractivity contribution in [3.63, 3.8) is 0 Å². The van der Waals surface area contributed by atoms with E-state index in [9.17, 15) is 14.4 Å². The molecule has 0 radical (unpaired) electrons. The molecular weight excluding hydrogens is 544 g/mol. The molecule has 4 amide bonds. The molecule has 2 atom stereocenters. The maximum absolute atomic E-state index is 14.1. The van der Waals surface area contributed by atoms with E-state index in [-0.39, 0.29) is 23.8 Å². The molecule has 1 saturated heterocycles. The van der Waals surface area contributed by atoms with Crippen LogP contribution in [0, 0.1) is 5.41 Å². The van der Waals surface area contributed by atoms with Crippen LogP contribution < -0.4 is 15.4 Å². The maximum atomic E-state index is 14.1. The van der Waals surface area contributed by atoms with Gasteiger partial charge in [0.05, 0.1) is 12.3 Å². The number of benzene rings is 2. The van der Waals surface area contributed by atoms with Crippen LogP contribution in [0.25, 0.3) is 10.9 Å². The first-order valence-electron chi connectivity index (χ1n) is 15.0.